The molecule has 0 fully saturated rings. The maximum absolute atomic E-state index is 12.8. The van der Waals surface area contributed by atoms with Crippen LogP contribution in [0.3, 0.4) is 0 Å². The summed E-state index contributed by atoms with van der Waals surface area (Å²) in [6.07, 6.45) is 14.6. The number of nitrogens with one attached hydrogen (secondary N) is 1. The predicted molar refractivity (Wildman–Crippen MR) is 118 cm³/mol. The molecule has 1 heterocycles. The molecule has 0 saturated carbocycles. The second kappa shape index (κ2) is 12.8. The Hall–Kier alpha value is -1.55. The molecule has 2 N–H and O–H groups in total. The first-order valence-corrected chi connectivity index (χ1v) is 11.4. The van der Waals surface area contributed by atoms with Crippen LogP contribution in [-0.4, -0.2) is 36.8 Å². The van der Waals surface area contributed by atoms with Crippen LogP contribution in [0.15, 0.2) is 24.3 Å². The molecule has 4 heteroatoms. The van der Waals surface area contributed by atoms with Gasteiger partial charge in [0.1, 0.15) is 6.04 Å². The lowest BCUT2D eigenvalue weighted by atomic mass is 9.97. The van der Waals surface area contributed by atoms with Crippen molar-refractivity contribution in [3.63, 3.8) is 0 Å². The fraction of sp³-hybridized carbons (Fsp3) is 0.708. The fourth-order valence-electron chi connectivity index (χ4n) is 4.25. The number of aliphatic hydroxyl groups is 1. The summed E-state index contributed by atoms with van der Waals surface area (Å²) < 4.78 is 0. The van der Waals surface area contributed by atoms with Crippen LogP contribution in [-0.2, 0) is 11.2 Å². The van der Waals surface area contributed by atoms with Crippen LogP contribution in [0.5, 0.6) is 0 Å². The molecule has 0 saturated heterocycles. The zero-order valence-corrected chi connectivity index (χ0v) is 18.0. The number of anilines is 1. The zero-order chi connectivity index (χ0) is 20.2. The average Bonchev–Trinajstić information content (AvgIpc) is 2.70. The summed E-state index contributed by atoms with van der Waals surface area (Å²) in [5.74, 6) is 0.0481. The average molecular weight is 389 g/mol. The van der Waals surface area contributed by atoms with Crippen molar-refractivity contribution >= 4 is 11.6 Å². The number of fused-ring (bicyclic) bond motifs is 1. The van der Waals surface area contributed by atoms with E-state index in [0.29, 0.717) is 6.42 Å². The number of carbonyl (C=O) groups is 1. The highest BCUT2D eigenvalue weighted by molar-refractivity contribution is 5.86. The third-order valence-electron chi connectivity index (χ3n) is 6.01. The number of nitrogens with zero attached hydrogens (tertiary/aromatic N) is 1. The first kappa shape index (κ1) is 22.7. The molecule has 0 radical (unpaired) electrons. The fourth-order valence-corrected chi connectivity index (χ4v) is 4.25. The first-order valence-electron chi connectivity index (χ1n) is 11.4. The van der Waals surface area contributed by atoms with Gasteiger partial charge in [0, 0.05) is 12.7 Å². The van der Waals surface area contributed by atoms with E-state index in [2.05, 4.69) is 29.3 Å². The van der Waals surface area contributed by atoms with Crippen molar-refractivity contribution in [2.24, 2.45) is 0 Å². The lowest BCUT2D eigenvalue weighted by molar-refractivity contribution is -0.123. The summed E-state index contributed by atoms with van der Waals surface area (Å²) in [6.45, 7) is 2.24. The van der Waals surface area contributed by atoms with Crippen molar-refractivity contribution in [2.45, 2.75) is 96.1 Å². The number of hydrogen-bond donors (Lipinski definition) is 2. The second-order valence-electron chi connectivity index (χ2n) is 8.32. The molecule has 4 nitrogen and oxygen atoms in total. The van der Waals surface area contributed by atoms with Gasteiger partial charge in [0.15, 0.2) is 0 Å². The number of rotatable bonds is 12. The molecule has 1 aromatic carbocycles. The van der Waals surface area contributed by atoms with Gasteiger partial charge < -0.3 is 15.3 Å². The SMILES string of the molecule is CCCCCCCCCCCC[C@H]1C(=O)N[C@H](CO)Cc2ccccc2N1C. The Kier molecular flexibility index (Phi) is 10.4. The Morgan fingerprint density at radius 1 is 1.00 bits per heavy atom. The molecular formula is C24H40N2O2. The van der Waals surface area contributed by atoms with Crippen LogP contribution < -0.4 is 10.2 Å². The van der Waals surface area contributed by atoms with Crippen LogP contribution in [0.4, 0.5) is 5.69 Å². The van der Waals surface area contributed by atoms with Gasteiger partial charge in [-0.05, 0) is 24.5 Å². The molecule has 1 aliphatic heterocycles. The lowest BCUT2D eigenvalue weighted by Crippen LogP contribution is -2.52. The number of hydrogen-bond acceptors (Lipinski definition) is 3. The number of carbonyl (C=O) groups excluding carboxylic acids is 1. The number of para-hydroxylation sites is 1. The van der Waals surface area contributed by atoms with E-state index >= 15 is 0 Å². The van der Waals surface area contributed by atoms with Crippen LogP contribution in [0, 0.1) is 0 Å². The Morgan fingerprint density at radius 3 is 2.25 bits per heavy atom. The van der Waals surface area contributed by atoms with E-state index in [9.17, 15) is 9.90 Å². The van der Waals surface area contributed by atoms with Crippen molar-refractivity contribution in [1.29, 1.82) is 0 Å². The Bertz CT molecular complexity index is 575. The number of unbranched alkanes of at least 4 members (excludes halogenated alkanes) is 9. The van der Waals surface area contributed by atoms with Crippen LogP contribution in [0.1, 0.15) is 83.1 Å². The quantitative estimate of drug-likeness (QED) is 0.504. The van der Waals surface area contributed by atoms with Crippen LogP contribution in [0.2, 0.25) is 0 Å². The van der Waals surface area contributed by atoms with Crippen LogP contribution in [0.25, 0.3) is 0 Å². The number of amides is 1. The van der Waals surface area contributed by atoms with E-state index in [4.69, 9.17) is 0 Å². The van der Waals surface area contributed by atoms with E-state index in [1.54, 1.807) is 0 Å². The van der Waals surface area contributed by atoms with Gasteiger partial charge in [-0.25, -0.2) is 0 Å². The molecule has 0 aromatic heterocycles. The number of benzene rings is 1. The third kappa shape index (κ3) is 7.12. The lowest BCUT2D eigenvalue weighted by Gasteiger charge is -2.35. The summed E-state index contributed by atoms with van der Waals surface area (Å²) in [5, 5.41) is 12.7. The first-order chi connectivity index (χ1) is 13.7. The van der Waals surface area contributed by atoms with Crippen molar-refractivity contribution in [3.8, 4) is 0 Å². The third-order valence-corrected chi connectivity index (χ3v) is 6.01. The van der Waals surface area contributed by atoms with Crippen LogP contribution >= 0.6 is 0 Å². The second-order valence-corrected chi connectivity index (χ2v) is 8.32. The van der Waals surface area contributed by atoms with Gasteiger partial charge >= 0.3 is 0 Å². The van der Waals surface area contributed by atoms with Crippen molar-refractivity contribution in [2.75, 3.05) is 18.6 Å². The monoisotopic (exact) mass is 388 g/mol. The predicted octanol–water partition coefficient (Wildman–Crippen LogP) is 4.84. The van der Waals surface area contributed by atoms with Crippen molar-refractivity contribution in [1.82, 2.24) is 5.32 Å². The molecule has 0 aliphatic carbocycles. The van der Waals surface area contributed by atoms with E-state index in [1.807, 2.05) is 19.2 Å². The largest absolute Gasteiger partial charge is 0.394 e. The van der Waals surface area contributed by atoms with Gasteiger partial charge in [-0.3, -0.25) is 4.79 Å². The molecule has 1 amide bonds. The molecule has 1 aliphatic rings. The van der Waals surface area contributed by atoms with E-state index in [-0.39, 0.29) is 24.6 Å². The maximum Gasteiger partial charge on any atom is 0.242 e. The highest BCUT2D eigenvalue weighted by Crippen LogP contribution is 2.26. The summed E-state index contributed by atoms with van der Waals surface area (Å²) in [6, 6.07) is 7.89. The molecule has 28 heavy (non-hydrogen) atoms. The van der Waals surface area contributed by atoms with Crippen molar-refractivity contribution in [3.05, 3.63) is 29.8 Å². The zero-order valence-electron chi connectivity index (χ0n) is 18.0. The number of aliphatic hydroxyl groups excluding tert-OH is 1. The Balaban J connectivity index is 1.79. The molecule has 0 spiro atoms. The van der Waals surface area contributed by atoms with Gasteiger partial charge in [0.25, 0.3) is 0 Å². The topological polar surface area (TPSA) is 52.6 Å². The molecule has 2 rings (SSSR count). The normalized spacial score (nSPS) is 19.7. The van der Waals surface area contributed by atoms with Gasteiger partial charge in [-0.1, -0.05) is 89.3 Å². The smallest absolute Gasteiger partial charge is 0.242 e. The summed E-state index contributed by atoms with van der Waals surface area (Å²) >= 11 is 0. The van der Waals surface area contributed by atoms with Gasteiger partial charge in [0.05, 0.1) is 12.6 Å². The van der Waals surface area contributed by atoms with E-state index in [1.165, 1.54) is 63.4 Å². The highest BCUT2D eigenvalue weighted by Gasteiger charge is 2.29. The molecule has 2 atom stereocenters. The minimum Gasteiger partial charge on any atom is -0.394 e. The van der Waals surface area contributed by atoms with Crippen molar-refractivity contribution < 1.29 is 9.90 Å². The minimum absolute atomic E-state index is 0.0191. The molecule has 158 valence electrons. The molecular weight excluding hydrogens is 348 g/mol. The van der Waals surface area contributed by atoms with Gasteiger partial charge in [-0.2, -0.15) is 0 Å². The highest BCUT2D eigenvalue weighted by atomic mass is 16.3. The van der Waals surface area contributed by atoms with E-state index in [0.717, 1.165) is 18.5 Å². The Labute approximate surface area is 171 Å². The van der Waals surface area contributed by atoms with E-state index < -0.39 is 0 Å². The molecule has 1 aromatic rings. The standard InChI is InChI=1S/C24H40N2O2/c1-3-4-5-6-7-8-9-10-11-12-17-23-24(28)25-21(19-27)18-20-15-13-14-16-22(20)26(23)2/h13-16,21,23,27H,3-12,17-19H2,1-2H3,(H,25,28)/t21-,23-/m0/s1. The van der Waals surface area contributed by atoms with Gasteiger partial charge in [-0.15, -0.1) is 0 Å². The summed E-state index contributed by atoms with van der Waals surface area (Å²) in [5.41, 5.74) is 2.31. The summed E-state index contributed by atoms with van der Waals surface area (Å²) in [4.78, 5) is 14.9. The molecule has 0 bridgehead atoms. The summed E-state index contributed by atoms with van der Waals surface area (Å²) in [7, 11) is 2.03. The Morgan fingerprint density at radius 2 is 1.61 bits per heavy atom. The van der Waals surface area contributed by atoms with Gasteiger partial charge in [0.2, 0.25) is 5.91 Å². The maximum atomic E-state index is 12.8. The minimum atomic E-state index is -0.197. The molecule has 0 unspecified atom stereocenters. The number of likely N-dealkylation sites (N-methyl/N-ethyl adjacent to an activating group) is 1.